The molecule has 3 aromatic rings. The minimum Gasteiger partial charge on any atom is -0.419 e. The van der Waals surface area contributed by atoms with Crippen LogP contribution in [0.1, 0.15) is 25.7 Å². The predicted molar refractivity (Wildman–Crippen MR) is 122 cm³/mol. The van der Waals surface area contributed by atoms with E-state index in [1.165, 1.54) is 0 Å². The number of carbonyl (C=O) groups is 2. The Morgan fingerprint density at radius 2 is 2.00 bits per heavy atom. The maximum absolute atomic E-state index is 13.3. The molecule has 2 heterocycles. The summed E-state index contributed by atoms with van der Waals surface area (Å²) in [6.07, 6.45) is 0.913. The zero-order chi connectivity index (χ0) is 22.7. The van der Waals surface area contributed by atoms with Crippen LogP contribution in [-0.4, -0.2) is 40.0 Å². The zero-order valence-electron chi connectivity index (χ0n) is 17.5. The minimum absolute atomic E-state index is 0.0964. The van der Waals surface area contributed by atoms with Crippen LogP contribution in [0, 0.1) is 5.92 Å². The Bertz CT molecular complexity index is 1130. The van der Waals surface area contributed by atoms with Gasteiger partial charge >= 0.3 is 0 Å². The van der Waals surface area contributed by atoms with Crippen LogP contribution in [0.25, 0.3) is 11.5 Å². The number of carbonyl (C=O) groups excluding carboxylic acids is 2. The number of aromatic nitrogens is 2. The molecule has 0 spiro atoms. The second-order valence-electron chi connectivity index (χ2n) is 7.63. The standard InChI is InChI=1S/C23H22Cl2N4O3/c1-2-10-28(14-20-26-27-22(32-20)18-8-3-4-9-19(18)25)23(31)15-11-21(30)29(13-15)17-7-5-6-16(24)12-17/h3-9,12,15H,2,10-11,13-14H2,1H3. The lowest BCUT2D eigenvalue weighted by Crippen LogP contribution is -2.37. The fourth-order valence-corrected chi connectivity index (χ4v) is 4.19. The van der Waals surface area contributed by atoms with Gasteiger partial charge in [0, 0.05) is 30.2 Å². The third kappa shape index (κ3) is 4.79. The van der Waals surface area contributed by atoms with Crippen LogP contribution in [0.5, 0.6) is 0 Å². The number of amides is 2. The quantitative estimate of drug-likeness (QED) is 0.491. The fraction of sp³-hybridized carbons (Fsp3) is 0.304. The molecule has 0 saturated carbocycles. The third-order valence-electron chi connectivity index (χ3n) is 5.30. The average Bonchev–Trinajstić information content (AvgIpc) is 3.40. The van der Waals surface area contributed by atoms with E-state index in [1.807, 2.05) is 25.1 Å². The zero-order valence-corrected chi connectivity index (χ0v) is 19.0. The molecule has 2 aromatic carbocycles. The van der Waals surface area contributed by atoms with E-state index >= 15 is 0 Å². The van der Waals surface area contributed by atoms with Crippen LogP contribution in [-0.2, 0) is 16.1 Å². The largest absolute Gasteiger partial charge is 0.419 e. The highest BCUT2D eigenvalue weighted by atomic mass is 35.5. The Kier molecular flexibility index (Phi) is 6.77. The highest BCUT2D eigenvalue weighted by Gasteiger charge is 2.37. The Morgan fingerprint density at radius 1 is 1.19 bits per heavy atom. The van der Waals surface area contributed by atoms with Crippen LogP contribution in [0.2, 0.25) is 10.0 Å². The number of halogens is 2. The van der Waals surface area contributed by atoms with E-state index < -0.39 is 5.92 Å². The molecule has 9 heteroatoms. The number of hydrogen-bond donors (Lipinski definition) is 0. The molecule has 32 heavy (non-hydrogen) atoms. The van der Waals surface area contributed by atoms with Crippen molar-refractivity contribution in [1.82, 2.24) is 15.1 Å². The van der Waals surface area contributed by atoms with Crippen molar-refractivity contribution in [2.45, 2.75) is 26.3 Å². The second-order valence-corrected chi connectivity index (χ2v) is 8.47. The first-order valence-corrected chi connectivity index (χ1v) is 11.1. The highest BCUT2D eigenvalue weighted by molar-refractivity contribution is 6.33. The third-order valence-corrected chi connectivity index (χ3v) is 5.86. The molecule has 1 aliphatic rings. The molecule has 1 fully saturated rings. The van der Waals surface area contributed by atoms with Gasteiger partial charge in [0.2, 0.25) is 23.6 Å². The minimum atomic E-state index is -0.445. The van der Waals surface area contributed by atoms with Crippen molar-refractivity contribution in [3.8, 4) is 11.5 Å². The van der Waals surface area contributed by atoms with Gasteiger partial charge in [-0.25, -0.2) is 0 Å². The van der Waals surface area contributed by atoms with Crippen molar-refractivity contribution < 1.29 is 14.0 Å². The van der Waals surface area contributed by atoms with Crippen molar-refractivity contribution in [1.29, 1.82) is 0 Å². The molecule has 0 radical (unpaired) electrons. The van der Waals surface area contributed by atoms with Crippen molar-refractivity contribution in [3.05, 3.63) is 64.5 Å². The smallest absolute Gasteiger partial charge is 0.249 e. The van der Waals surface area contributed by atoms with E-state index in [0.717, 1.165) is 6.42 Å². The lowest BCUT2D eigenvalue weighted by atomic mass is 10.1. The molecule has 1 aromatic heterocycles. The van der Waals surface area contributed by atoms with E-state index in [2.05, 4.69) is 10.2 Å². The number of hydrogen-bond acceptors (Lipinski definition) is 5. The molecule has 0 N–H and O–H groups in total. The van der Waals surface area contributed by atoms with E-state index in [9.17, 15) is 9.59 Å². The maximum atomic E-state index is 13.3. The number of anilines is 1. The Labute approximate surface area is 195 Å². The second kappa shape index (κ2) is 9.71. The van der Waals surface area contributed by atoms with Crippen LogP contribution >= 0.6 is 23.2 Å². The molecular formula is C23H22Cl2N4O3. The maximum Gasteiger partial charge on any atom is 0.249 e. The summed E-state index contributed by atoms with van der Waals surface area (Å²) in [5.74, 6) is -0.0301. The SMILES string of the molecule is CCCN(Cc1nnc(-c2ccccc2Cl)o1)C(=O)C1CC(=O)N(c2cccc(Cl)c2)C1. The number of nitrogens with zero attached hydrogens (tertiary/aromatic N) is 4. The van der Waals surface area contributed by atoms with Crippen LogP contribution in [0.3, 0.4) is 0 Å². The summed E-state index contributed by atoms with van der Waals surface area (Å²) in [5, 5.41) is 9.22. The van der Waals surface area contributed by atoms with Gasteiger partial charge in [-0.2, -0.15) is 0 Å². The summed E-state index contributed by atoms with van der Waals surface area (Å²) in [6, 6.07) is 14.3. The van der Waals surface area contributed by atoms with E-state index in [0.29, 0.717) is 46.2 Å². The molecule has 1 unspecified atom stereocenters. The Balaban J connectivity index is 1.48. The predicted octanol–water partition coefficient (Wildman–Crippen LogP) is 4.84. The van der Waals surface area contributed by atoms with Gasteiger partial charge in [0.25, 0.3) is 0 Å². The molecule has 1 atom stereocenters. The lowest BCUT2D eigenvalue weighted by Gasteiger charge is -2.24. The average molecular weight is 473 g/mol. The molecule has 1 aliphatic heterocycles. The van der Waals surface area contributed by atoms with Crippen LogP contribution in [0.15, 0.2) is 52.9 Å². The fourth-order valence-electron chi connectivity index (χ4n) is 3.79. The summed E-state index contributed by atoms with van der Waals surface area (Å²) in [5.41, 5.74) is 1.33. The lowest BCUT2D eigenvalue weighted by molar-refractivity contribution is -0.136. The summed E-state index contributed by atoms with van der Waals surface area (Å²) in [7, 11) is 0. The molecule has 7 nitrogen and oxygen atoms in total. The molecule has 4 rings (SSSR count). The number of rotatable bonds is 7. The summed E-state index contributed by atoms with van der Waals surface area (Å²) < 4.78 is 5.77. The Hall–Kier alpha value is -2.90. The van der Waals surface area contributed by atoms with Gasteiger partial charge in [-0.3, -0.25) is 9.59 Å². The summed E-state index contributed by atoms with van der Waals surface area (Å²) >= 11 is 12.3. The van der Waals surface area contributed by atoms with Gasteiger partial charge in [-0.15, -0.1) is 10.2 Å². The van der Waals surface area contributed by atoms with Crippen LogP contribution in [0.4, 0.5) is 5.69 Å². The van der Waals surface area contributed by atoms with Crippen LogP contribution < -0.4 is 4.90 Å². The van der Waals surface area contributed by atoms with Gasteiger partial charge in [0.15, 0.2) is 0 Å². The first-order valence-electron chi connectivity index (χ1n) is 10.4. The molecule has 0 bridgehead atoms. The van der Waals surface area contributed by atoms with E-state index in [-0.39, 0.29) is 24.8 Å². The van der Waals surface area contributed by atoms with Crippen molar-refractivity contribution in [2.75, 3.05) is 18.0 Å². The van der Waals surface area contributed by atoms with Gasteiger partial charge < -0.3 is 14.2 Å². The highest BCUT2D eigenvalue weighted by Crippen LogP contribution is 2.29. The van der Waals surface area contributed by atoms with Crippen molar-refractivity contribution in [3.63, 3.8) is 0 Å². The molecule has 0 aliphatic carbocycles. The van der Waals surface area contributed by atoms with Crippen molar-refractivity contribution in [2.24, 2.45) is 5.92 Å². The molecule has 2 amide bonds. The van der Waals surface area contributed by atoms with E-state index in [1.54, 1.807) is 40.1 Å². The Morgan fingerprint density at radius 3 is 2.75 bits per heavy atom. The first kappa shape index (κ1) is 22.3. The topological polar surface area (TPSA) is 79.5 Å². The summed E-state index contributed by atoms with van der Waals surface area (Å²) in [4.78, 5) is 29.1. The van der Waals surface area contributed by atoms with Crippen molar-refractivity contribution >= 4 is 40.7 Å². The van der Waals surface area contributed by atoms with E-state index in [4.69, 9.17) is 27.6 Å². The summed E-state index contributed by atoms with van der Waals surface area (Å²) in [6.45, 7) is 2.99. The first-order chi connectivity index (χ1) is 15.5. The van der Waals surface area contributed by atoms with Gasteiger partial charge in [0.05, 0.1) is 23.0 Å². The number of benzene rings is 2. The molecule has 1 saturated heterocycles. The van der Waals surface area contributed by atoms with Gasteiger partial charge in [0.1, 0.15) is 0 Å². The normalized spacial score (nSPS) is 15.9. The molecular weight excluding hydrogens is 451 g/mol. The molecule has 166 valence electrons. The monoisotopic (exact) mass is 472 g/mol. The van der Waals surface area contributed by atoms with Gasteiger partial charge in [-0.1, -0.05) is 48.3 Å². The van der Waals surface area contributed by atoms with Gasteiger partial charge in [-0.05, 0) is 36.8 Å².